The van der Waals surface area contributed by atoms with Gasteiger partial charge in [-0.25, -0.2) is 4.98 Å². The largest absolute Gasteiger partial charge is 1.00 e. The number of hydrogen-bond acceptors (Lipinski definition) is 10. The van der Waals surface area contributed by atoms with Crippen molar-refractivity contribution in [2.75, 3.05) is 28.4 Å². The van der Waals surface area contributed by atoms with E-state index in [1.165, 1.54) is 0 Å². The number of rotatable bonds is 10. The maximum absolute atomic E-state index is 12.7. The summed E-state index contributed by atoms with van der Waals surface area (Å²) in [7, 11) is 3.74. The van der Waals surface area contributed by atoms with Crippen molar-refractivity contribution in [1.82, 2.24) is 29.9 Å². The molecule has 6 rings (SSSR count). The zero-order chi connectivity index (χ0) is 34.5. The van der Waals surface area contributed by atoms with Gasteiger partial charge in [0.15, 0.2) is 5.16 Å². The Morgan fingerprint density at radius 3 is 1.82 bits per heavy atom. The van der Waals surface area contributed by atoms with Crippen molar-refractivity contribution < 1.29 is 56.9 Å². The number of hydrogen-bond donors (Lipinski definition) is 1. The number of aromatic nitrogens is 6. The van der Waals surface area contributed by atoms with Gasteiger partial charge in [-0.15, -0.1) is 0 Å². The first-order valence-electron chi connectivity index (χ1n) is 14.8. The van der Waals surface area contributed by atoms with Crippen LogP contribution in [0.15, 0.2) is 59.1 Å². The summed E-state index contributed by atoms with van der Waals surface area (Å²) in [6.07, 6.45) is 3.47. The summed E-state index contributed by atoms with van der Waals surface area (Å²) in [5, 5.41) is 0.734. The Labute approximate surface area is 312 Å². The topological polar surface area (TPSA) is 153 Å². The molecule has 0 saturated heterocycles. The fraction of sp³-hybridized carbons (Fsp3) is 0.294. The molecular weight excluding hydrogens is 676 g/mol. The first-order chi connectivity index (χ1) is 23.1. The number of H-pyrrole nitrogens is 1. The second-order valence-corrected chi connectivity index (χ2v) is 13.6. The number of fused-ring (bicyclic) bond motifs is 2. The molecule has 6 aromatic rings. The molecule has 12 nitrogen and oxygen atoms in total. The van der Waals surface area contributed by atoms with Gasteiger partial charge < -0.3 is 33.9 Å². The molecule has 0 bridgehead atoms. The minimum atomic E-state index is -1.38. The third-order valence-electron chi connectivity index (χ3n) is 7.74. The second kappa shape index (κ2) is 16.7. The Balaban J connectivity index is 0.000000216. The standard InChI is InChI=1S/C17H19N3O3S.C17H18N3O3S.Na/c2*1-10-8-18-15(11(2)16(10)23-4)9-24(21)17-19-13-6-5-12(22-3)7-14(13)20-17;/h5-8H,9H2,1-4H3,(H,19,20);5-8H,9H2,1-4H3;/q;-1;+1. The van der Waals surface area contributed by atoms with E-state index in [4.69, 9.17) is 18.9 Å². The molecule has 4 aromatic heterocycles. The Morgan fingerprint density at radius 1 is 0.694 bits per heavy atom. The van der Waals surface area contributed by atoms with Crippen LogP contribution < -0.4 is 53.5 Å². The molecule has 0 aliphatic rings. The van der Waals surface area contributed by atoms with Gasteiger partial charge in [0, 0.05) is 45.9 Å². The van der Waals surface area contributed by atoms with Crippen LogP contribution in [0.3, 0.4) is 0 Å². The van der Waals surface area contributed by atoms with Crippen LogP contribution in [-0.2, 0) is 33.1 Å². The van der Waals surface area contributed by atoms with E-state index in [-0.39, 0.29) is 41.1 Å². The van der Waals surface area contributed by atoms with Gasteiger partial charge in [-0.2, -0.15) is 0 Å². The van der Waals surface area contributed by atoms with Crippen LogP contribution in [0.25, 0.3) is 22.1 Å². The smallest absolute Gasteiger partial charge is 0.497 e. The van der Waals surface area contributed by atoms with Crippen LogP contribution in [0.5, 0.6) is 23.0 Å². The van der Waals surface area contributed by atoms with Crippen molar-refractivity contribution in [3.05, 3.63) is 82.4 Å². The summed E-state index contributed by atoms with van der Waals surface area (Å²) in [5.41, 5.74) is 8.10. The van der Waals surface area contributed by atoms with Crippen LogP contribution in [0.4, 0.5) is 0 Å². The van der Waals surface area contributed by atoms with Gasteiger partial charge in [0.05, 0.1) is 84.0 Å². The number of nitrogens with one attached hydrogen (secondary N) is 1. The van der Waals surface area contributed by atoms with E-state index in [9.17, 15) is 8.42 Å². The van der Waals surface area contributed by atoms with Gasteiger partial charge in [-0.05, 0) is 63.0 Å². The Kier molecular flexibility index (Phi) is 13.0. The molecule has 0 aliphatic heterocycles. The molecule has 0 radical (unpaired) electrons. The molecule has 0 aliphatic carbocycles. The van der Waals surface area contributed by atoms with E-state index in [0.717, 1.165) is 61.9 Å². The zero-order valence-corrected chi connectivity index (χ0v) is 32.7. The number of aromatic amines is 1. The molecule has 2 aromatic carbocycles. The summed E-state index contributed by atoms with van der Waals surface area (Å²) >= 11 is 0. The van der Waals surface area contributed by atoms with Gasteiger partial charge in [0.25, 0.3) is 0 Å². The molecule has 0 fully saturated rings. The second-order valence-electron chi connectivity index (χ2n) is 10.9. The van der Waals surface area contributed by atoms with Gasteiger partial charge in [0.2, 0.25) is 0 Å². The van der Waals surface area contributed by atoms with Crippen molar-refractivity contribution in [3.63, 3.8) is 0 Å². The van der Waals surface area contributed by atoms with E-state index < -0.39 is 21.6 Å². The van der Waals surface area contributed by atoms with E-state index in [1.807, 2.05) is 45.9 Å². The third-order valence-corrected chi connectivity index (χ3v) is 10.0. The molecule has 15 heteroatoms. The quantitative estimate of drug-likeness (QED) is 0.209. The number of pyridine rings is 2. The average molecular weight is 713 g/mol. The fourth-order valence-corrected chi connectivity index (χ4v) is 7.33. The maximum atomic E-state index is 12.7. The Bertz CT molecular complexity index is 2000. The predicted molar refractivity (Wildman–Crippen MR) is 185 cm³/mol. The SMILES string of the molecule is COc1ccc2[n-]c(S(=O)Cc3ncc(C)c(OC)c3C)nc2c1.COc1ccc2nc(S(=O)Cc3ncc(C)c(OC)c3C)[nH]c2c1.[Na+]. The molecule has 1 N–H and O–H groups in total. The van der Waals surface area contributed by atoms with Crippen molar-refractivity contribution in [2.24, 2.45) is 0 Å². The predicted octanol–water partition coefficient (Wildman–Crippen LogP) is 2.43. The summed E-state index contributed by atoms with van der Waals surface area (Å²) in [6.45, 7) is 7.71. The summed E-state index contributed by atoms with van der Waals surface area (Å²) in [6, 6.07) is 10.9. The molecular formula is C34H37N6NaO6S2. The Morgan fingerprint density at radius 2 is 1.24 bits per heavy atom. The molecule has 0 saturated carbocycles. The van der Waals surface area contributed by atoms with E-state index >= 15 is 0 Å². The van der Waals surface area contributed by atoms with E-state index in [2.05, 4.69) is 29.9 Å². The molecule has 4 heterocycles. The molecule has 252 valence electrons. The van der Waals surface area contributed by atoms with Gasteiger partial charge in [0.1, 0.15) is 23.0 Å². The van der Waals surface area contributed by atoms with Gasteiger partial charge >= 0.3 is 29.6 Å². The first kappa shape index (κ1) is 38.0. The van der Waals surface area contributed by atoms with Crippen LogP contribution in [0.1, 0.15) is 33.6 Å². The van der Waals surface area contributed by atoms with Crippen LogP contribution in [-0.4, -0.2) is 61.8 Å². The minimum absolute atomic E-state index is 0. The molecule has 2 unspecified atom stereocenters. The van der Waals surface area contributed by atoms with Crippen molar-refractivity contribution in [2.45, 2.75) is 49.5 Å². The molecule has 49 heavy (non-hydrogen) atoms. The molecule has 2 atom stereocenters. The number of methoxy groups -OCH3 is 4. The number of imidazole rings is 2. The summed E-state index contributed by atoms with van der Waals surface area (Å²) in [5.74, 6) is 3.50. The van der Waals surface area contributed by atoms with E-state index in [1.54, 1.807) is 59.0 Å². The molecule has 0 amide bonds. The maximum Gasteiger partial charge on any atom is 1.00 e. The molecule has 0 spiro atoms. The fourth-order valence-electron chi connectivity index (χ4n) is 5.16. The number of nitrogens with zero attached hydrogens (tertiary/aromatic N) is 5. The van der Waals surface area contributed by atoms with E-state index in [0.29, 0.717) is 27.1 Å². The number of aryl methyl sites for hydroxylation is 2. The van der Waals surface area contributed by atoms with Crippen molar-refractivity contribution in [3.8, 4) is 23.0 Å². The summed E-state index contributed by atoms with van der Waals surface area (Å²) in [4.78, 5) is 25.0. The van der Waals surface area contributed by atoms with Crippen LogP contribution >= 0.6 is 0 Å². The summed E-state index contributed by atoms with van der Waals surface area (Å²) < 4.78 is 46.5. The monoisotopic (exact) mass is 712 g/mol. The van der Waals surface area contributed by atoms with Gasteiger partial charge in [-0.1, -0.05) is 6.07 Å². The van der Waals surface area contributed by atoms with Crippen LogP contribution in [0.2, 0.25) is 0 Å². The zero-order valence-electron chi connectivity index (χ0n) is 29.0. The number of benzene rings is 2. The average Bonchev–Trinajstić information content (AvgIpc) is 3.72. The number of ether oxygens (including phenoxy) is 4. The normalized spacial score (nSPS) is 12.1. The minimum Gasteiger partial charge on any atom is -0.497 e. The Hall–Kier alpha value is -3.82. The first-order valence-corrected chi connectivity index (χ1v) is 17.5. The van der Waals surface area contributed by atoms with Crippen molar-refractivity contribution >= 4 is 43.7 Å². The van der Waals surface area contributed by atoms with Gasteiger partial charge in [-0.3, -0.25) is 18.4 Å². The van der Waals surface area contributed by atoms with Crippen molar-refractivity contribution in [1.29, 1.82) is 0 Å². The third kappa shape index (κ3) is 8.50. The van der Waals surface area contributed by atoms with Crippen LogP contribution in [0, 0.1) is 27.7 Å².